The first-order chi connectivity index (χ1) is 9.20. The van der Waals surface area contributed by atoms with Crippen molar-refractivity contribution in [1.29, 1.82) is 0 Å². The molecule has 6 nitrogen and oxygen atoms in total. The summed E-state index contributed by atoms with van der Waals surface area (Å²) < 4.78 is 5.06. The molecule has 1 heterocycles. The van der Waals surface area contributed by atoms with E-state index in [1.54, 1.807) is 7.11 Å². The normalized spacial score (nSPS) is 9.95. The highest BCUT2D eigenvalue weighted by Gasteiger charge is 2.11. The Bertz CT molecular complexity index is 570. The van der Waals surface area contributed by atoms with Crippen LogP contribution in [0.25, 0.3) is 0 Å². The lowest BCUT2D eigenvalue weighted by Gasteiger charge is -2.08. The molecular formula is C13H13N3O3. The molecule has 0 aliphatic heterocycles. The summed E-state index contributed by atoms with van der Waals surface area (Å²) in [5.41, 5.74) is 0.902. The molecule has 0 fully saturated rings. The van der Waals surface area contributed by atoms with Crippen molar-refractivity contribution in [2.45, 2.75) is 6.54 Å². The lowest BCUT2D eigenvalue weighted by molar-refractivity contribution is 0.0691. The summed E-state index contributed by atoms with van der Waals surface area (Å²) in [5.74, 6) is -0.0781. The molecule has 0 amide bonds. The van der Waals surface area contributed by atoms with Gasteiger partial charge in [-0.3, -0.25) is 0 Å². The topological polar surface area (TPSA) is 84.3 Å². The van der Waals surface area contributed by atoms with Gasteiger partial charge in [-0.15, -0.1) is 0 Å². The zero-order chi connectivity index (χ0) is 13.7. The predicted octanol–water partition coefficient (Wildman–Crippen LogP) is 1.80. The van der Waals surface area contributed by atoms with E-state index >= 15 is 0 Å². The van der Waals surface area contributed by atoms with Crippen LogP contribution in [0.5, 0.6) is 5.75 Å². The predicted molar refractivity (Wildman–Crippen MR) is 69.3 cm³/mol. The van der Waals surface area contributed by atoms with Gasteiger partial charge in [-0.05, 0) is 17.7 Å². The molecule has 1 aromatic heterocycles. The summed E-state index contributed by atoms with van der Waals surface area (Å²) in [5, 5.41) is 11.9. The average molecular weight is 259 g/mol. The molecule has 2 aromatic rings. The first-order valence-corrected chi connectivity index (χ1v) is 5.62. The van der Waals surface area contributed by atoms with Crippen LogP contribution in [-0.4, -0.2) is 28.2 Å². The number of carboxylic acid groups (broad SMARTS) is 1. The van der Waals surface area contributed by atoms with Crippen LogP contribution >= 0.6 is 0 Å². The molecule has 0 aliphatic rings. The number of aromatic nitrogens is 2. The van der Waals surface area contributed by atoms with Crippen LogP contribution < -0.4 is 10.1 Å². The number of anilines is 1. The Morgan fingerprint density at radius 2 is 1.95 bits per heavy atom. The van der Waals surface area contributed by atoms with Crippen molar-refractivity contribution >= 4 is 11.8 Å². The zero-order valence-electron chi connectivity index (χ0n) is 10.3. The molecule has 0 aliphatic carbocycles. The largest absolute Gasteiger partial charge is 0.497 e. The molecule has 0 atom stereocenters. The minimum atomic E-state index is -1.11. The Hall–Kier alpha value is -2.63. The van der Waals surface area contributed by atoms with Gasteiger partial charge in [-0.25, -0.2) is 14.8 Å². The van der Waals surface area contributed by atoms with Crippen molar-refractivity contribution in [3.63, 3.8) is 0 Å². The highest BCUT2D eigenvalue weighted by atomic mass is 16.5. The standard InChI is InChI=1S/C13H13N3O3/c1-19-10-4-2-9(3-5-10)8-16-12-11(13(17)18)14-6-7-15-12/h2-7H,8H2,1H3,(H,15,16)(H,17,18). The van der Waals surface area contributed by atoms with E-state index in [-0.39, 0.29) is 11.5 Å². The molecule has 19 heavy (non-hydrogen) atoms. The summed E-state index contributed by atoms with van der Waals surface area (Å²) in [6.45, 7) is 0.461. The number of carboxylic acids is 1. The maximum atomic E-state index is 11.0. The van der Waals surface area contributed by atoms with Gasteiger partial charge in [0.2, 0.25) is 0 Å². The van der Waals surface area contributed by atoms with Gasteiger partial charge < -0.3 is 15.2 Å². The number of nitrogens with one attached hydrogen (secondary N) is 1. The van der Waals surface area contributed by atoms with Gasteiger partial charge in [0, 0.05) is 18.9 Å². The second-order valence-corrected chi connectivity index (χ2v) is 3.76. The van der Waals surface area contributed by atoms with Crippen molar-refractivity contribution in [3.05, 3.63) is 47.9 Å². The van der Waals surface area contributed by atoms with Gasteiger partial charge >= 0.3 is 5.97 Å². The molecular weight excluding hydrogens is 246 g/mol. The van der Waals surface area contributed by atoms with Gasteiger partial charge in [0.05, 0.1) is 7.11 Å². The van der Waals surface area contributed by atoms with E-state index in [2.05, 4.69) is 15.3 Å². The smallest absolute Gasteiger partial charge is 0.358 e. The van der Waals surface area contributed by atoms with E-state index in [9.17, 15) is 4.79 Å². The Balaban J connectivity index is 2.07. The van der Waals surface area contributed by atoms with Crippen LogP contribution in [0.1, 0.15) is 16.1 Å². The number of hydrogen-bond donors (Lipinski definition) is 2. The molecule has 6 heteroatoms. The Morgan fingerprint density at radius 1 is 1.26 bits per heavy atom. The van der Waals surface area contributed by atoms with E-state index in [0.29, 0.717) is 6.54 Å². The molecule has 2 N–H and O–H groups in total. The van der Waals surface area contributed by atoms with Crippen molar-refractivity contribution in [2.75, 3.05) is 12.4 Å². The molecule has 0 saturated heterocycles. The molecule has 0 bridgehead atoms. The van der Waals surface area contributed by atoms with Crippen molar-refractivity contribution in [2.24, 2.45) is 0 Å². The van der Waals surface area contributed by atoms with Crippen molar-refractivity contribution in [1.82, 2.24) is 9.97 Å². The fraction of sp³-hybridized carbons (Fsp3) is 0.154. The third-order valence-electron chi connectivity index (χ3n) is 2.52. The van der Waals surface area contributed by atoms with E-state index < -0.39 is 5.97 Å². The highest BCUT2D eigenvalue weighted by molar-refractivity contribution is 5.90. The first kappa shape index (κ1) is 12.8. The van der Waals surface area contributed by atoms with Gasteiger partial charge in [0.25, 0.3) is 0 Å². The third-order valence-corrected chi connectivity index (χ3v) is 2.52. The summed E-state index contributed by atoms with van der Waals surface area (Å²) in [7, 11) is 1.60. The number of rotatable bonds is 5. The van der Waals surface area contributed by atoms with E-state index in [4.69, 9.17) is 9.84 Å². The number of benzene rings is 1. The van der Waals surface area contributed by atoms with Crippen LogP contribution in [-0.2, 0) is 6.54 Å². The second-order valence-electron chi connectivity index (χ2n) is 3.76. The minimum Gasteiger partial charge on any atom is -0.497 e. The Morgan fingerprint density at radius 3 is 2.58 bits per heavy atom. The highest BCUT2D eigenvalue weighted by Crippen LogP contribution is 2.14. The number of ether oxygens (including phenoxy) is 1. The van der Waals surface area contributed by atoms with E-state index in [0.717, 1.165) is 11.3 Å². The number of hydrogen-bond acceptors (Lipinski definition) is 5. The second kappa shape index (κ2) is 5.81. The lowest BCUT2D eigenvalue weighted by atomic mass is 10.2. The molecule has 0 saturated carbocycles. The maximum Gasteiger partial charge on any atom is 0.358 e. The fourth-order valence-electron chi connectivity index (χ4n) is 1.55. The summed E-state index contributed by atoms with van der Waals surface area (Å²) >= 11 is 0. The molecule has 0 radical (unpaired) electrons. The number of nitrogens with zero attached hydrogens (tertiary/aromatic N) is 2. The van der Waals surface area contributed by atoms with Crippen LogP contribution in [0.3, 0.4) is 0 Å². The molecule has 0 spiro atoms. The molecule has 2 rings (SSSR count). The minimum absolute atomic E-state index is 0.0870. The monoisotopic (exact) mass is 259 g/mol. The van der Waals surface area contributed by atoms with Gasteiger partial charge in [-0.1, -0.05) is 12.1 Å². The van der Waals surface area contributed by atoms with Crippen molar-refractivity contribution in [3.8, 4) is 5.75 Å². The Kier molecular flexibility index (Phi) is 3.92. The molecule has 0 unspecified atom stereocenters. The summed E-state index contributed by atoms with van der Waals surface area (Å²) in [6, 6.07) is 7.46. The fourth-order valence-corrected chi connectivity index (χ4v) is 1.55. The SMILES string of the molecule is COc1ccc(CNc2nccnc2C(=O)O)cc1. The lowest BCUT2D eigenvalue weighted by Crippen LogP contribution is -2.10. The number of aromatic carboxylic acids is 1. The quantitative estimate of drug-likeness (QED) is 0.851. The van der Waals surface area contributed by atoms with Crippen LogP contribution in [0.2, 0.25) is 0 Å². The zero-order valence-corrected chi connectivity index (χ0v) is 10.3. The summed E-state index contributed by atoms with van der Waals surface area (Å²) in [6.07, 6.45) is 2.80. The van der Waals surface area contributed by atoms with Crippen LogP contribution in [0, 0.1) is 0 Å². The molecule has 1 aromatic carbocycles. The van der Waals surface area contributed by atoms with E-state index in [1.807, 2.05) is 24.3 Å². The van der Waals surface area contributed by atoms with Gasteiger partial charge in [-0.2, -0.15) is 0 Å². The Labute approximate surface area is 110 Å². The number of carbonyl (C=O) groups is 1. The van der Waals surface area contributed by atoms with Crippen LogP contribution in [0.15, 0.2) is 36.7 Å². The van der Waals surface area contributed by atoms with Gasteiger partial charge in [0.1, 0.15) is 5.75 Å². The maximum absolute atomic E-state index is 11.0. The number of methoxy groups -OCH3 is 1. The summed E-state index contributed by atoms with van der Waals surface area (Å²) in [4.78, 5) is 18.7. The van der Waals surface area contributed by atoms with E-state index in [1.165, 1.54) is 12.4 Å². The first-order valence-electron chi connectivity index (χ1n) is 5.62. The van der Waals surface area contributed by atoms with Gasteiger partial charge in [0.15, 0.2) is 11.5 Å². The third kappa shape index (κ3) is 3.19. The van der Waals surface area contributed by atoms with Crippen LogP contribution in [0.4, 0.5) is 5.82 Å². The van der Waals surface area contributed by atoms with Crippen molar-refractivity contribution < 1.29 is 14.6 Å². The molecule has 98 valence electrons. The average Bonchev–Trinajstić information content (AvgIpc) is 2.46.